The van der Waals surface area contributed by atoms with Crippen LogP contribution in [0.1, 0.15) is 62.5 Å². The number of piperidine rings is 1. The molecule has 0 N–H and O–H groups in total. The fraction of sp³-hybridized carbons (Fsp3) is 0.591. The number of hydrogen-bond acceptors (Lipinski definition) is 3. The third-order valence-corrected chi connectivity index (χ3v) is 6.05. The summed E-state index contributed by atoms with van der Waals surface area (Å²) in [6.45, 7) is 4.06. The Labute approximate surface area is 157 Å². The number of likely N-dealkylation sites (tertiary alicyclic amines) is 1. The molecule has 0 unspecified atom stereocenters. The van der Waals surface area contributed by atoms with Gasteiger partial charge in [0.15, 0.2) is 0 Å². The molecule has 2 aliphatic rings. The van der Waals surface area contributed by atoms with Crippen LogP contribution in [0.3, 0.4) is 0 Å². The van der Waals surface area contributed by atoms with Crippen molar-refractivity contribution in [3.63, 3.8) is 0 Å². The Balaban J connectivity index is 1.18. The van der Waals surface area contributed by atoms with E-state index in [0.717, 1.165) is 24.9 Å². The lowest BCUT2D eigenvalue weighted by atomic mass is 9.89. The highest BCUT2D eigenvalue weighted by Crippen LogP contribution is 2.29. The monoisotopic (exact) mass is 353 g/mol. The van der Waals surface area contributed by atoms with E-state index in [-0.39, 0.29) is 0 Å². The number of benzene rings is 1. The summed E-state index contributed by atoms with van der Waals surface area (Å²) in [7, 11) is 0. The molecule has 2 fully saturated rings. The summed E-state index contributed by atoms with van der Waals surface area (Å²) >= 11 is 0. The summed E-state index contributed by atoms with van der Waals surface area (Å²) in [6, 6.07) is 13.6. The van der Waals surface area contributed by atoms with Gasteiger partial charge in [-0.3, -0.25) is 9.58 Å². The van der Waals surface area contributed by atoms with E-state index in [1.807, 2.05) is 6.07 Å². The van der Waals surface area contributed by atoms with Gasteiger partial charge in [-0.1, -0.05) is 49.6 Å². The largest absolute Gasteiger partial charge is 0.475 e. The minimum absolute atomic E-state index is 0.582. The van der Waals surface area contributed by atoms with E-state index < -0.39 is 0 Å². The molecule has 1 saturated heterocycles. The van der Waals surface area contributed by atoms with Crippen molar-refractivity contribution in [1.29, 1.82) is 0 Å². The van der Waals surface area contributed by atoms with Crippen molar-refractivity contribution in [1.82, 2.24) is 14.7 Å². The molecular weight excluding hydrogens is 322 g/mol. The molecule has 1 aliphatic carbocycles. The van der Waals surface area contributed by atoms with E-state index in [1.54, 1.807) is 0 Å². The third-order valence-electron chi connectivity index (χ3n) is 6.05. The Morgan fingerprint density at radius 2 is 1.69 bits per heavy atom. The topological polar surface area (TPSA) is 30.3 Å². The van der Waals surface area contributed by atoms with E-state index in [1.165, 1.54) is 63.6 Å². The van der Waals surface area contributed by atoms with Crippen LogP contribution in [-0.2, 0) is 0 Å². The van der Waals surface area contributed by atoms with Crippen molar-refractivity contribution >= 4 is 0 Å². The lowest BCUT2D eigenvalue weighted by Gasteiger charge is -2.31. The molecule has 1 saturated carbocycles. The molecule has 1 aromatic heterocycles. The van der Waals surface area contributed by atoms with Crippen molar-refractivity contribution in [2.75, 3.05) is 26.2 Å². The molecule has 4 nitrogen and oxygen atoms in total. The van der Waals surface area contributed by atoms with Gasteiger partial charge in [0.05, 0.1) is 6.04 Å². The fourth-order valence-corrected chi connectivity index (χ4v) is 4.44. The first-order valence-corrected chi connectivity index (χ1v) is 10.3. The fourth-order valence-electron chi connectivity index (χ4n) is 4.44. The van der Waals surface area contributed by atoms with Crippen LogP contribution in [0.2, 0.25) is 0 Å². The normalized spacial score (nSPS) is 20.3. The SMILES string of the molecule is c1ccc(C2CCN(CCOc3ccn(C4CCCCC4)n3)CC2)cc1. The average Bonchev–Trinajstić information content (AvgIpc) is 3.19. The summed E-state index contributed by atoms with van der Waals surface area (Å²) in [5, 5.41) is 4.64. The zero-order valence-electron chi connectivity index (χ0n) is 15.7. The molecule has 2 aromatic rings. The first-order chi connectivity index (χ1) is 12.9. The van der Waals surface area contributed by atoms with E-state index in [0.29, 0.717) is 6.04 Å². The molecular formula is C22H31N3O. The highest BCUT2D eigenvalue weighted by atomic mass is 16.5. The number of aromatic nitrogens is 2. The van der Waals surface area contributed by atoms with Gasteiger partial charge in [0.25, 0.3) is 0 Å². The lowest BCUT2D eigenvalue weighted by Crippen LogP contribution is -2.35. The highest BCUT2D eigenvalue weighted by Gasteiger charge is 2.20. The smallest absolute Gasteiger partial charge is 0.232 e. The lowest BCUT2D eigenvalue weighted by molar-refractivity contribution is 0.169. The summed E-state index contributed by atoms with van der Waals surface area (Å²) in [5.74, 6) is 1.51. The predicted octanol–water partition coefficient (Wildman–Crippen LogP) is 4.65. The summed E-state index contributed by atoms with van der Waals surface area (Å²) in [5.41, 5.74) is 1.50. The van der Waals surface area contributed by atoms with Crippen LogP contribution in [0.4, 0.5) is 0 Å². The Morgan fingerprint density at radius 3 is 2.46 bits per heavy atom. The molecule has 0 spiro atoms. The van der Waals surface area contributed by atoms with E-state index in [4.69, 9.17) is 4.74 Å². The second-order valence-electron chi connectivity index (χ2n) is 7.80. The Morgan fingerprint density at radius 1 is 0.923 bits per heavy atom. The second-order valence-corrected chi connectivity index (χ2v) is 7.80. The van der Waals surface area contributed by atoms with Gasteiger partial charge in [-0.2, -0.15) is 0 Å². The van der Waals surface area contributed by atoms with E-state index in [9.17, 15) is 0 Å². The van der Waals surface area contributed by atoms with Crippen LogP contribution in [-0.4, -0.2) is 40.9 Å². The first-order valence-electron chi connectivity index (χ1n) is 10.3. The third kappa shape index (κ3) is 4.47. The van der Waals surface area contributed by atoms with Crippen molar-refractivity contribution in [3.05, 3.63) is 48.2 Å². The van der Waals surface area contributed by atoms with Gasteiger partial charge in [-0.25, -0.2) is 0 Å². The van der Waals surface area contributed by atoms with E-state index in [2.05, 4.69) is 51.2 Å². The minimum atomic E-state index is 0.582. The number of ether oxygens (including phenoxy) is 1. The molecule has 0 bridgehead atoms. The zero-order valence-corrected chi connectivity index (χ0v) is 15.7. The highest BCUT2D eigenvalue weighted by molar-refractivity contribution is 5.20. The standard InChI is InChI=1S/C22H31N3O/c1-3-7-19(8-4-1)20-11-14-24(15-12-20)17-18-26-22-13-16-25(23-22)21-9-5-2-6-10-21/h1,3-4,7-8,13,16,20-21H,2,5-6,9-12,14-15,17-18H2. The van der Waals surface area contributed by atoms with Gasteiger partial charge >= 0.3 is 0 Å². The predicted molar refractivity (Wildman–Crippen MR) is 105 cm³/mol. The van der Waals surface area contributed by atoms with Crippen molar-refractivity contribution in [2.24, 2.45) is 0 Å². The van der Waals surface area contributed by atoms with Gasteiger partial charge in [-0.05, 0) is 50.3 Å². The molecule has 2 heterocycles. The molecule has 4 rings (SSSR count). The number of nitrogens with zero attached hydrogens (tertiary/aromatic N) is 3. The molecule has 1 aliphatic heterocycles. The number of hydrogen-bond donors (Lipinski definition) is 0. The molecule has 0 radical (unpaired) electrons. The summed E-state index contributed by atoms with van der Waals surface area (Å²) < 4.78 is 8.04. The van der Waals surface area contributed by atoms with Crippen LogP contribution >= 0.6 is 0 Å². The maximum absolute atomic E-state index is 5.92. The maximum atomic E-state index is 5.92. The average molecular weight is 354 g/mol. The Kier molecular flexibility index (Phi) is 5.90. The zero-order chi connectivity index (χ0) is 17.6. The second kappa shape index (κ2) is 8.72. The molecule has 140 valence electrons. The quantitative estimate of drug-likeness (QED) is 0.757. The maximum Gasteiger partial charge on any atom is 0.232 e. The molecule has 0 amide bonds. The first kappa shape index (κ1) is 17.6. The van der Waals surface area contributed by atoms with Crippen LogP contribution in [0, 0.1) is 0 Å². The van der Waals surface area contributed by atoms with Crippen LogP contribution in [0.5, 0.6) is 5.88 Å². The van der Waals surface area contributed by atoms with Crippen LogP contribution < -0.4 is 4.74 Å². The van der Waals surface area contributed by atoms with Gasteiger partial charge < -0.3 is 4.74 Å². The van der Waals surface area contributed by atoms with Crippen molar-refractivity contribution in [3.8, 4) is 5.88 Å². The minimum Gasteiger partial charge on any atom is -0.475 e. The molecule has 26 heavy (non-hydrogen) atoms. The molecule has 0 atom stereocenters. The number of rotatable bonds is 6. The van der Waals surface area contributed by atoms with Crippen LogP contribution in [0.15, 0.2) is 42.6 Å². The summed E-state index contributed by atoms with van der Waals surface area (Å²) in [6.07, 6.45) is 11.2. The van der Waals surface area contributed by atoms with Gasteiger partial charge in [-0.15, -0.1) is 5.10 Å². The Hall–Kier alpha value is -1.81. The molecule has 4 heteroatoms. The van der Waals surface area contributed by atoms with E-state index >= 15 is 0 Å². The van der Waals surface area contributed by atoms with Gasteiger partial charge in [0.1, 0.15) is 6.61 Å². The summed E-state index contributed by atoms with van der Waals surface area (Å²) in [4.78, 5) is 2.53. The van der Waals surface area contributed by atoms with Crippen molar-refractivity contribution in [2.45, 2.75) is 56.9 Å². The van der Waals surface area contributed by atoms with Crippen molar-refractivity contribution < 1.29 is 4.74 Å². The van der Waals surface area contributed by atoms with Gasteiger partial charge in [0, 0.05) is 18.8 Å². The Bertz CT molecular complexity index is 655. The van der Waals surface area contributed by atoms with Gasteiger partial charge in [0.2, 0.25) is 5.88 Å². The van der Waals surface area contributed by atoms with Crippen LogP contribution in [0.25, 0.3) is 0 Å². The molecule has 1 aromatic carbocycles.